The van der Waals surface area contributed by atoms with Gasteiger partial charge in [0.2, 0.25) is 0 Å². The summed E-state index contributed by atoms with van der Waals surface area (Å²) in [7, 11) is 0. The van der Waals surface area contributed by atoms with E-state index in [1.54, 1.807) is 0 Å². The second-order valence-corrected chi connectivity index (χ2v) is 5.14. The number of carbonyl (C=O) groups excluding carboxylic acids is 1. The fraction of sp³-hybridized carbons (Fsp3) is 0.533. The highest BCUT2D eigenvalue weighted by Crippen LogP contribution is 2.29. The molecule has 1 aliphatic heterocycles. The molecule has 1 unspecified atom stereocenters. The standard InChI is InChI=1S/C15H21NO2/c1-3-16(14-6-4-5-13(2)9-14)10-15(11-17)7-8-18-12-15/h4-6,9,11H,3,7-8,10,12H2,1-2H3. The van der Waals surface area contributed by atoms with E-state index in [9.17, 15) is 4.79 Å². The largest absolute Gasteiger partial charge is 0.380 e. The molecular formula is C15H21NO2. The van der Waals surface area contributed by atoms with E-state index in [1.807, 2.05) is 0 Å². The Hall–Kier alpha value is -1.35. The van der Waals surface area contributed by atoms with Crippen molar-refractivity contribution in [3.05, 3.63) is 29.8 Å². The van der Waals surface area contributed by atoms with Crippen LogP contribution in [0.2, 0.25) is 0 Å². The topological polar surface area (TPSA) is 29.5 Å². The number of aldehydes is 1. The van der Waals surface area contributed by atoms with E-state index in [-0.39, 0.29) is 5.41 Å². The van der Waals surface area contributed by atoms with Crippen LogP contribution >= 0.6 is 0 Å². The number of carbonyl (C=O) groups is 1. The summed E-state index contributed by atoms with van der Waals surface area (Å²) < 4.78 is 5.40. The number of anilines is 1. The normalized spacial score (nSPS) is 23.0. The van der Waals surface area contributed by atoms with Crippen molar-refractivity contribution in [1.82, 2.24) is 0 Å². The Labute approximate surface area is 109 Å². The lowest BCUT2D eigenvalue weighted by atomic mass is 9.88. The third-order valence-electron chi connectivity index (χ3n) is 3.64. The number of rotatable bonds is 5. The minimum atomic E-state index is -0.320. The summed E-state index contributed by atoms with van der Waals surface area (Å²) in [4.78, 5) is 13.6. The van der Waals surface area contributed by atoms with E-state index in [0.717, 1.165) is 25.8 Å². The van der Waals surface area contributed by atoms with Crippen molar-refractivity contribution >= 4 is 12.0 Å². The van der Waals surface area contributed by atoms with Crippen LogP contribution in [0, 0.1) is 12.3 Å². The van der Waals surface area contributed by atoms with Gasteiger partial charge in [-0.3, -0.25) is 0 Å². The fourth-order valence-electron chi connectivity index (χ4n) is 2.47. The smallest absolute Gasteiger partial charge is 0.130 e. The molecule has 1 atom stereocenters. The average Bonchev–Trinajstić information content (AvgIpc) is 2.85. The van der Waals surface area contributed by atoms with Gasteiger partial charge in [0.1, 0.15) is 6.29 Å². The average molecular weight is 247 g/mol. The molecule has 1 aromatic rings. The Kier molecular flexibility index (Phi) is 4.02. The molecular weight excluding hydrogens is 226 g/mol. The molecule has 0 saturated carbocycles. The minimum absolute atomic E-state index is 0.320. The summed E-state index contributed by atoms with van der Waals surface area (Å²) in [5.74, 6) is 0. The second kappa shape index (κ2) is 5.53. The van der Waals surface area contributed by atoms with Gasteiger partial charge in [0, 0.05) is 25.4 Å². The molecule has 98 valence electrons. The predicted molar refractivity (Wildman–Crippen MR) is 73.0 cm³/mol. The van der Waals surface area contributed by atoms with Crippen LogP contribution in [0.3, 0.4) is 0 Å². The molecule has 3 nitrogen and oxygen atoms in total. The first-order valence-corrected chi connectivity index (χ1v) is 6.55. The highest BCUT2D eigenvalue weighted by Gasteiger charge is 2.36. The first-order chi connectivity index (χ1) is 8.69. The van der Waals surface area contributed by atoms with E-state index in [2.05, 4.69) is 43.0 Å². The highest BCUT2D eigenvalue weighted by molar-refractivity contribution is 5.62. The van der Waals surface area contributed by atoms with E-state index < -0.39 is 0 Å². The first kappa shape index (κ1) is 13.1. The van der Waals surface area contributed by atoms with Gasteiger partial charge in [-0.15, -0.1) is 0 Å². The summed E-state index contributed by atoms with van der Waals surface area (Å²) in [6.07, 6.45) is 1.91. The zero-order valence-corrected chi connectivity index (χ0v) is 11.2. The maximum atomic E-state index is 11.4. The Morgan fingerprint density at radius 3 is 2.89 bits per heavy atom. The van der Waals surface area contributed by atoms with Crippen molar-refractivity contribution in [1.29, 1.82) is 0 Å². The monoisotopic (exact) mass is 247 g/mol. The Morgan fingerprint density at radius 1 is 1.50 bits per heavy atom. The summed E-state index contributed by atoms with van der Waals surface area (Å²) in [6, 6.07) is 8.42. The number of aryl methyl sites for hydroxylation is 1. The fourth-order valence-corrected chi connectivity index (χ4v) is 2.47. The van der Waals surface area contributed by atoms with Gasteiger partial charge >= 0.3 is 0 Å². The van der Waals surface area contributed by atoms with E-state index in [1.165, 1.54) is 11.3 Å². The maximum Gasteiger partial charge on any atom is 0.130 e. The third kappa shape index (κ3) is 2.72. The summed E-state index contributed by atoms with van der Waals surface area (Å²) in [5.41, 5.74) is 2.11. The molecule has 1 fully saturated rings. The van der Waals surface area contributed by atoms with Crippen molar-refractivity contribution in [3.63, 3.8) is 0 Å². The molecule has 1 aliphatic rings. The Bertz CT molecular complexity index is 411. The van der Waals surface area contributed by atoms with Gasteiger partial charge in [0.15, 0.2) is 0 Å². The van der Waals surface area contributed by atoms with Gasteiger partial charge in [-0.05, 0) is 38.0 Å². The Morgan fingerprint density at radius 2 is 2.33 bits per heavy atom. The number of nitrogens with zero attached hydrogens (tertiary/aromatic N) is 1. The van der Waals surface area contributed by atoms with Crippen molar-refractivity contribution in [2.75, 3.05) is 31.2 Å². The second-order valence-electron chi connectivity index (χ2n) is 5.14. The van der Waals surface area contributed by atoms with Crippen LogP contribution in [0.5, 0.6) is 0 Å². The Balaban J connectivity index is 2.16. The summed E-state index contributed by atoms with van der Waals surface area (Å²) in [6.45, 7) is 7.11. The zero-order valence-electron chi connectivity index (χ0n) is 11.2. The van der Waals surface area contributed by atoms with Gasteiger partial charge in [0.25, 0.3) is 0 Å². The molecule has 0 radical (unpaired) electrons. The molecule has 1 heterocycles. The third-order valence-corrected chi connectivity index (χ3v) is 3.64. The van der Waals surface area contributed by atoms with Crippen LogP contribution in [-0.2, 0) is 9.53 Å². The van der Waals surface area contributed by atoms with Crippen molar-refractivity contribution in [2.24, 2.45) is 5.41 Å². The molecule has 1 aromatic carbocycles. The van der Waals surface area contributed by atoms with Crippen LogP contribution in [-0.4, -0.2) is 32.6 Å². The quantitative estimate of drug-likeness (QED) is 0.748. The maximum absolute atomic E-state index is 11.4. The lowest BCUT2D eigenvalue weighted by molar-refractivity contribution is -0.115. The molecule has 18 heavy (non-hydrogen) atoms. The number of benzene rings is 1. The van der Waals surface area contributed by atoms with Crippen molar-refractivity contribution < 1.29 is 9.53 Å². The molecule has 0 bridgehead atoms. The molecule has 3 heteroatoms. The van der Waals surface area contributed by atoms with E-state index in [0.29, 0.717) is 13.2 Å². The SMILES string of the molecule is CCN(CC1(C=O)CCOC1)c1cccc(C)c1. The molecule has 0 N–H and O–H groups in total. The van der Waals surface area contributed by atoms with E-state index >= 15 is 0 Å². The molecule has 0 aromatic heterocycles. The highest BCUT2D eigenvalue weighted by atomic mass is 16.5. The molecule has 0 spiro atoms. The molecule has 2 rings (SSSR count). The number of hydrogen-bond donors (Lipinski definition) is 0. The van der Waals surface area contributed by atoms with Crippen LogP contribution in [0.15, 0.2) is 24.3 Å². The van der Waals surface area contributed by atoms with Crippen LogP contribution in [0.25, 0.3) is 0 Å². The molecule has 0 aliphatic carbocycles. The van der Waals surface area contributed by atoms with Gasteiger partial charge in [-0.1, -0.05) is 12.1 Å². The van der Waals surface area contributed by atoms with Crippen molar-refractivity contribution in [3.8, 4) is 0 Å². The van der Waals surface area contributed by atoms with E-state index in [4.69, 9.17) is 4.74 Å². The van der Waals surface area contributed by atoms with Gasteiger partial charge in [-0.2, -0.15) is 0 Å². The first-order valence-electron chi connectivity index (χ1n) is 6.55. The minimum Gasteiger partial charge on any atom is -0.380 e. The zero-order chi connectivity index (χ0) is 13.0. The lowest BCUT2D eigenvalue weighted by Crippen LogP contribution is -2.39. The molecule has 1 saturated heterocycles. The van der Waals surface area contributed by atoms with Crippen LogP contribution < -0.4 is 4.90 Å². The van der Waals surface area contributed by atoms with Crippen molar-refractivity contribution in [2.45, 2.75) is 20.3 Å². The number of ether oxygens (including phenoxy) is 1. The predicted octanol–water partition coefficient (Wildman–Crippen LogP) is 2.43. The lowest BCUT2D eigenvalue weighted by Gasteiger charge is -2.31. The van der Waals surface area contributed by atoms with Crippen LogP contribution in [0.1, 0.15) is 18.9 Å². The number of hydrogen-bond acceptors (Lipinski definition) is 3. The van der Waals surface area contributed by atoms with Gasteiger partial charge in [-0.25, -0.2) is 0 Å². The summed E-state index contributed by atoms with van der Waals surface area (Å²) >= 11 is 0. The summed E-state index contributed by atoms with van der Waals surface area (Å²) in [5, 5.41) is 0. The van der Waals surface area contributed by atoms with Gasteiger partial charge in [0.05, 0.1) is 12.0 Å². The molecule has 0 amide bonds. The van der Waals surface area contributed by atoms with Gasteiger partial charge < -0.3 is 14.4 Å². The van der Waals surface area contributed by atoms with Crippen LogP contribution in [0.4, 0.5) is 5.69 Å².